The first-order valence-corrected chi connectivity index (χ1v) is 4.02. The number of rotatable bonds is 0. The van der Waals surface area contributed by atoms with E-state index in [1.807, 2.05) is 0 Å². The van der Waals surface area contributed by atoms with Gasteiger partial charge in [0, 0.05) is 6.61 Å². The molecule has 0 unspecified atom stereocenters. The van der Waals surface area contributed by atoms with Crippen molar-refractivity contribution < 1.29 is 25.1 Å². The van der Waals surface area contributed by atoms with Gasteiger partial charge in [-0.25, -0.2) is 0 Å². The Labute approximate surface area is 48.1 Å². The second kappa shape index (κ2) is 20.1. The summed E-state index contributed by atoms with van der Waals surface area (Å²) in [6.45, 7) is 1.93. The number of aliphatic hydroxyl groups excluding tert-OH is 1. The fourth-order valence-corrected chi connectivity index (χ4v) is 0. The van der Waals surface area contributed by atoms with Crippen LogP contribution in [0.4, 0.5) is 0 Å². The average molecular weight is 174 g/mol. The van der Waals surface area contributed by atoms with Crippen molar-refractivity contribution in [2.24, 2.45) is 0 Å². The summed E-state index contributed by atoms with van der Waals surface area (Å²) in [5, 5.41) is 7.57. The third kappa shape index (κ3) is 45.5. The Balaban J connectivity index is 0. The third-order valence-corrected chi connectivity index (χ3v) is 0. The SMILES string of the molecule is CCO.[Cl][Nb]. The summed E-state index contributed by atoms with van der Waals surface area (Å²) < 4.78 is 0. The Morgan fingerprint density at radius 2 is 1.80 bits per heavy atom. The second-order valence-corrected chi connectivity index (χ2v) is 0.316. The first kappa shape index (κ1) is 9.37. The van der Waals surface area contributed by atoms with Gasteiger partial charge < -0.3 is 5.11 Å². The molecular formula is C2H6ClNbO. The van der Waals surface area contributed by atoms with Crippen molar-refractivity contribution in [2.75, 3.05) is 6.61 Å². The maximum atomic E-state index is 7.57. The topological polar surface area (TPSA) is 20.2 Å². The third-order valence-electron chi connectivity index (χ3n) is 0. The molecule has 1 nitrogen and oxygen atoms in total. The van der Waals surface area contributed by atoms with Crippen LogP contribution in [0.3, 0.4) is 0 Å². The normalized spacial score (nSPS) is 4.60. The zero-order chi connectivity index (χ0) is 4.71. The summed E-state index contributed by atoms with van der Waals surface area (Å²) in [5.74, 6) is 0. The van der Waals surface area contributed by atoms with Gasteiger partial charge in [-0.2, -0.15) is 0 Å². The van der Waals surface area contributed by atoms with Gasteiger partial charge in [-0.05, 0) is 6.92 Å². The molecule has 0 radical (unpaired) electrons. The Hall–Kier alpha value is 0.990. The first-order chi connectivity index (χ1) is 2.41. The van der Waals surface area contributed by atoms with Crippen molar-refractivity contribution in [1.82, 2.24) is 0 Å². The number of halogens is 1. The molecule has 0 saturated heterocycles. The molecule has 0 rings (SSSR count). The molecule has 0 aliphatic heterocycles. The Bertz CT molecular complexity index is 9.61. The molecule has 0 aromatic heterocycles. The van der Waals surface area contributed by atoms with E-state index in [4.69, 9.17) is 5.11 Å². The Kier molecular flexibility index (Phi) is 37.6. The van der Waals surface area contributed by atoms with Crippen LogP contribution in [0, 0.1) is 0 Å². The van der Waals surface area contributed by atoms with E-state index in [0.717, 1.165) is 0 Å². The van der Waals surface area contributed by atoms with Crippen LogP contribution in [-0.4, -0.2) is 11.7 Å². The molecule has 0 aromatic carbocycles. The second-order valence-electron chi connectivity index (χ2n) is 0.316. The molecule has 0 heterocycles. The predicted octanol–water partition coefficient (Wildman–Crippen LogP) is 0.686. The van der Waals surface area contributed by atoms with Crippen molar-refractivity contribution in [1.29, 1.82) is 0 Å². The van der Waals surface area contributed by atoms with Crippen LogP contribution in [0.1, 0.15) is 6.92 Å². The van der Waals surface area contributed by atoms with E-state index < -0.39 is 0 Å². The molecule has 0 aliphatic carbocycles. The van der Waals surface area contributed by atoms with E-state index in [-0.39, 0.29) is 6.61 Å². The molecule has 0 fully saturated rings. The average Bonchev–Trinajstić information content (AvgIpc) is 1.46. The quantitative estimate of drug-likeness (QED) is 0.536. The predicted molar refractivity (Wildman–Crippen MR) is 18.6 cm³/mol. The molecule has 0 aromatic rings. The van der Waals surface area contributed by atoms with Crippen molar-refractivity contribution in [2.45, 2.75) is 6.92 Å². The van der Waals surface area contributed by atoms with E-state index in [0.29, 0.717) is 0 Å². The molecule has 5 heavy (non-hydrogen) atoms. The maximum absolute atomic E-state index is 7.57. The molecule has 0 amide bonds. The Morgan fingerprint density at radius 1 is 1.80 bits per heavy atom. The molecule has 0 saturated carbocycles. The molecule has 32 valence electrons. The van der Waals surface area contributed by atoms with Crippen molar-refractivity contribution >= 4 is 9.19 Å². The zero-order valence-electron chi connectivity index (χ0n) is 2.98. The standard InChI is InChI=1S/C2H6O.ClH.Nb/c1-2-3;;/h3H,2H2,1H3;1H;/q;;+1/p-1. The summed E-state index contributed by atoms with van der Waals surface area (Å²) in [7, 11) is 4.69. The van der Waals surface area contributed by atoms with Crippen molar-refractivity contribution in [3.63, 3.8) is 0 Å². The van der Waals surface area contributed by atoms with E-state index in [2.05, 4.69) is 9.19 Å². The first-order valence-electron chi connectivity index (χ1n) is 1.19. The van der Waals surface area contributed by atoms with Crippen LogP contribution < -0.4 is 0 Å². The fraction of sp³-hybridized carbons (Fsp3) is 1.00. The summed E-state index contributed by atoms with van der Waals surface area (Å²) in [6.07, 6.45) is 0. The van der Waals surface area contributed by atoms with Crippen LogP contribution in [0.25, 0.3) is 0 Å². The molecule has 0 bridgehead atoms. The molecule has 0 aliphatic rings. The van der Waals surface area contributed by atoms with Gasteiger partial charge in [0.15, 0.2) is 0 Å². The monoisotopic (exact) mass is 174 g/mol. The number of aliphatic hydroxyl groups is 1. The van der Waals surface area contributed by atoms with E-state index in [1.165, 1.54) is 20.0 Å². The fourth-order valence-electron chi connectivity index (χ4n) is 0. The molecule has 0 spiro atoms. The van der Waals surface area contributed by atoms with Gasteiger partial charge >= 0.3 is 29.2 Å². The molecule has 0 atom stereocenters. The van der Waals surface area contributed by atoms with Gasteiger partial charge in [-0.15, -0.1) is 0 Å². The minimum atomic E-state index is 0.250. The van der Waals surface area contributed by atoms with E-state index in [9.17, 15) is 0 Å². The van der Waals surface area contributed by atoms with E-state index >= 15 is 0 Å². The molecule has 1 N–H and O–H groups in total. The van der Waals surface area contributed by atoms with Gasteiger partial charge in [0.05, 0.1) is 0 Å². The van der Waals surface area contributed by atoms with Crippen LogP contribution in [0.2, 0.25) is 0 Å². The van der Waals surface area contributed by atoms with Crippen LogP contribution in [0.5, 0.6) is 0 Å². The summed E-state index contributed by atoms with van der Waals surface area (Å²) in [6, 6.07) is 0. The summed E-state index contributed by atoms with van der Waals surface area (Å²) >= 11 is 1.22. The van der Waals surface area contributed by atoms with Gasteiger partial charge in [0.25, 0.3) is 0 Å². The zero-order valence-corrected chi connectivity index (χ0v) is 5.93. The van der Waals surface area contributed by atoms with Crippen molar-refractivity contribution in [3.8, 4) is 0 Å². The van der Waals surface area contributed by atoms with Crippen LogP contribution >= 0.6 is 9.19 Å². The van der Waals surface area contributed by atoms with E-state index in [1.54, 1.807) is 6.92 Å². The molecular weight excluding hydrogens is 168 g/mol. The van der Waals surface area contributed by atoms with Gasteiger partial charge in [-0.3, -0.25) is 0 Å². The van der Waals surface area contributed by atoms with Crippen LogP contribution in [-0.2, 0) is 20.0 Å². The van der Waals surface area contributed by atoms with Crippen molar-refractivity contribution in [3.05, 3.63) is 0 Å². The molecule has 3 heteroatoms. The summed E-state index contributed by atoms with van der Waals surface area (Å²) in [4.78, 5) is 0. The summed E-state index contributed by atoms with van der Waals surface area (Å²) in [5.41, 5.74) is 0. The van der Waals surface area contributed by atoms with Gasteiger partial charge in [0.2, 0.25) is 0 Å². The van der Waals surface area contributed by atoms with Gasteiger partial charge in [-0.1, -0.05) is 0 Å². The minimum absolute atomic E-state index is 0.250. The number of hydrogen-bond donors (Lipinski definition) is 1. The van der Waals surface area contributed by atoms with Gasteiger partial charge in [0.1, 0.15) is 0 Å². The Morgan fingerprint density at radius 3 is 1.80 bits per heavy atom. The number of hydrogen-bond acceptors (Lipinski definition) is 1. The van der Waals surface area contributed by atoms with Crippen LogP contribution in [0.15, 0.2) is 0 Å².